The fourth-order valence-electron chi connectivity index (χ4n) is 2.70. The van der Waals surface area contributed by atoms with Crippen molar-refractivity contribution >= 4 is 27.5 Å². The molecule has 0 saturated heterocycles. The number of rotatable bonds is 3. The first-order chi connectivity index (χ1) is 10.7. The Kier molecular flexibility index (Phi) is 3.59. The van der Waals surface area contributed by atoms with Crippen LogP contribution in [0.5, 0.6) is 11.5 Å². The smallest absolute Gasteiger partial charge is 0.251 e. The van der Waals surface area contributed by atoms with Gasteiger partial charge in [0.2, 0.25) is 0 Å². The van der Waals surface area contributed by atoms with Crippen LogP contribution in [0.4, 0.5) is 0 Å². The molecule has 0 fully saturated rings. The Balaban J connectivity index is 2.42. The molecule has 3 aromatic carbocycles. The minimum absolute atomic E-state index is 0.122. The molecule has 1 amide bonds. The number of fused-ring (bicyclic) bond motifs is 3. The van der Waals surface area contributed by atoms with Gasteiger partial charge < -0.3 is 14.8 Å². The molecule has 0 heterocycles. The Bertz CT molecular complexity index is 871. The second kappa shape index (κ2) is 5.56. The fourth-order valence-corrected chi connectivity index (χ4v) is 2.70. The Labute approximate surface area is 128 Å². The zero-order valence-corrected chi connectivity index (χ0v) is 12.8. The van der Waals surface area contributed by atoms with Crippen LogP contribution in [0.25, 0.3) is 21.5 Å². The van der Waals surface area contributed by atoms with E-state index in [0.29, 0.717) is 5.56 Å². The molecule has 0 bridgehead atoms. The molecule has 0 atom stereocenters. The van der Waals surface area contributed by atoms with Gasteiger partial charge in [-0.05, 0) is 51.9 Å². The van der Waals surface area contributed by atoms with E-state index in [1.807, 2.05) is 42.5 Å². The van der Waals surface area contributed by atoms with Gasteiger partial charge in [-0.15, -0.1) is 0 Å². The maximum Gasteiger partial charge on any atom is 0.251 e. The van der Waals surface area contributed by atoms with Crippen molar-refractivity contribution in [2.45, 2.75) is 0 Å². The van der Waals surface area contributed by atoms with Gasteiger partial charge in [-0.25, -0.2) is 0 Å². The summed E-state index contributed by atoms with van der Waals surface area (Å²) in [6, 6.07) is 13.5. The van der Waals surface area contributed by atoms with Crippen molar-refractivity contribution in [1.82, 2.24) is 5.32 Å². The van der Waals surface area contributed by atoms with Crippen LogP contribution in [0.1, 0.15) is 10.4 Å². The van der Waals surface area contributed by atoms with E-state index in [1.54, 1.807) is 21.3 Å². The maximum atomic E-state index is 12.2. The minimum atomic E-state index is -0.122. The molecule has 22 heavy (non-hydrogen) atoms. The van der Waals surface area contributed by atoms with Crippen LogP contribution in [-0.2, 0) is 0 Å². The minimum Gasteiger partial charge on any atom is -0.497 e. The van der Waals surface area contributed by atoms with Gasteiger partial charge in [0.05, 0.1) is 14.2 Å². The first kappa shape index (κ1) is 14.2. The highest BCUT2D eigenvalue weighted by atomic mass is 16.5. The van der Waals surface area contributed by atoms with Gasteiger partial charge in [0.15, 0.2) is 0 Å². The zero-order valence-electron chi connectivity index (χ0n) is 12.8. The maximum absolute atomic E-state index is 12.2. The third kappa shape index (κ3) is 2.22. The van der Waals surface area contributed by atoms with Crippen molar-refractivity contribution in [2.75, 3.05) is 21.3 Å². The second-order valence-corrected chi connectivity index (χ2v) is 5.00. The Morgan fingerprint density at radius 2 is 1.50 bits per heavy atom. The molecule has 1 N–H and O–H groups in total. The lowest BCUT2D eigenvalue weighted by atomic mass is 9.96. The van der Waals surface area contributed by atoms with E-state index in [9.17, 15) is 4.79 Å². The predicted molar refractivity (Wildman–Crippen MR) is 87.9 cm³/mol. The first-order valence-electron chi connectivity index (χ1n) is 6.98. The molecule has 0 unspecified atom stereocenters. The van der Waals surface area contributed by atoms with Gasteiger partial charge in [-0.1, -0.05) is 12.1 Å². The van der Waals surface area contributed by atoms with E-state index < -0.39 is 0 Å². The molecule has 0 aliphatic carbocycles. The third-order valence-corrected chi connectivity index (χ3v) is 3.84. The summed E-state index contributed by atoms with van der Waals surface area (Å²) in [5, 5.41) is 6.62. The van der Waals surface area contributed by atoms with Crippen LogP contribution in [0.3, 0.4) is 0 Å². The van der Waals surface area contributed by atoms with E-state index in [4.69, 9.17) is 9.47 Å². The molecular weight excluding hydrogens is 278 g/mol. The molecule has 0 radical (unpaired) electrons. The monoisotopic (exact) mass is 295 g/mol. The van der Waals surface area contributed by atoms with Gasteiger partial charge >= 0.3 is 0 Å². The highest BCUT2D eigenvalue weighted by Gasteiger charge is 2.13. The Morgan fingerprint density at radius 1 is 0.864 bits per heavy atom. The van der Waals surface area contributed by atoms with Crippen molar-refractivity contribution in [3.63, 3.8) is 0 Å². The standard InChI is InChI=1S/C18H17NO3/c1-19-18(20)17-9-11-8-12(21-2)4-6-14(11)15-7-5-13(22-3)10-16(15)17/h4-10H,1-3H3,(H,19,20). The van der Waals surface area contributed by atoms with Gasteiger partial charge in [-0.2, -0.15) is 0 Å². The molecule has 4 heteroatoms. The van der Waals surface area contributed by atoms with Crippen LogP contribution < -0.4 is 14.8 Å². The molecule has 0 aliphatic heterocycles. The zero-order chi connectivity index (χ0) is 15.7. The van der Waals surface area contributed by atoms with E-state index >= 15 is 0 Å². The number of methoxy groups -OCH3 is 2. The van der Waals surface area contributed by atoms with Crippen molar-refractivity contribution < 1.29 is 14.3 Å². The van der Waals surface area contributed by atoms with Gasteiger partial charge in [0.1, 0.15) is 11.5 Å². The fraction of sp³-hybridized carbons (Fsp3) is 0.167. The number of amides is 1. The van der Waals surface area contributed by atoms with E-state index in [2.05, 4.69) is 5.32 Å². The largest absolute Gasteiger partial charge is 0.497 e. The lowest BCUT2D eigenvalue weighted by Gasteiger charge is -2.12. The molecule has 0 aliphatic rings. The second-order valence-electron chi connectivity index (χ2n) is 5.00. The SMILES string of the molecule is CNC(=O)c1cc2cc(OC)ccc2c2ccc(OC)cc12. The van der Waals surface area contributed by atoms with E-state index in [-0.39, 0.29) is 5.91 Å². The summed E-state index contributed by atoms with van der Waals surface area (Å²) in [5.41, 5.74) is 0.622. The average Bonchev–Trinajstić information content (AvgIpc) is 2.59. The van der Waals surface area contributed by atoms with Gasteiger partial charge in [0.25, 0.3) is 5.91 Å². The number of benzene rings is 3. The Hall–Kier alpha value is -2.75. The number of nitrogens with one attached hydrogen (secondary N) is 1. The summed E-state index contributed by atoms with van der Waals surface area (Å²) in [6.45, 7) is 0. The lowest BCUT2D eigenvalue weighted by molar-refractivity contribution is 0.0965. The summed E-state index contributed by atoms with van der Waals surface area (Å²) >= 11 is 0. The third-order valence-electron chi connectivity index (χ3n) is 3.84. The van der Waals surface area contributed by atoms with Crippen molar-refractivity contribution in [1.29, 1.82) is 0 Å². The molecule has 4 nitrogen and oxygen atoms in total. The average molecular weight is 295 g/mol. The van der Waals surface area contributed by atoms with Gasteiger partial charge in [0, 0.05) is 12.6 Å². The highest BCUT2D eigenvalue weighted by molar-refractivity contribution is 6.17. The number of carbonyl (C=O) groups excluding carboxylic acids is 1. The van der Waals surface area contributed by atoms with Crippen LogP contribution in [0.15, 0.2) is 42.5 Å². The van der Waals surface area contributed by atoms with Crippen LogP contribution in [0.2, 0.25) is 0 Å². The molecule has 112 valence electrons. The summed E-state index contributed by atoms with van der Waals surface area (Å²) in [7, 11) is 4.88. The Morgan fingerprint density at radius 3 is 2.14 bits per heavy atom. The van der Waals surface area contributed by atoms with E-state index in [0.717, 1.165) is 33.0 Å². The van der Waals surface area contributed by atoms with E-state index in [1.165, 1.54) is 0 Å². The molecular formula is C18H17NO3. The molecule has 0 aromatic heterocycles. The van der Waals surface area contributed by atoms with Crippen LogP contribution >= 0.6 is 0 Å². The summed E-state index contributed by atoms with van der Waals surface area (Å²) in [5.74, 6) is 1.37. The summed E-state index contributed by atoms with van der Waals surface area (Å²) < 4.78 is 10.6. The number of hydrogen-bond donors (Lipinski definition) is 1. The molecule has 3 aromatic rings. The quantitative estimate of drug-likeness (QED) is 0.754. The van der Waals surface area contributed by atoms with Crippen molar-refractivity contribution in [3.05, 3.63) is 48.0 Å². The van der Waals surface area contributed by atoms with Crippen LogP contribution in [-0.4, -0.2) is 27.2 Å². The number of ether oxygens (including phenoxy) is 2. The number of carbonyl (C=O) groups is 1. The highest BCUT2D eigenvalue weighted by Crippen LogP contribution is 2.33. The number of hydrogen-bond acceptors (Lipinski definition) is 3. The lowest BCUT2D eigenvalue weighted by Crippen LogP contribution is -2.18. The van der Waals surface area contributed by atoms with Crippen LogP contribution in [0, 0.1) is 0 Å². The van der Waals surface area contributed by atoms with Crippen molar-refractivity contribution in [2.24, 2.45) is 0 Å². The summed E-state index contributed by atoms with van der Waals surface area (Å²) in [6.07, 6.45) is 0. The summed E-state index contributed by atoms with van der Waals surface area (Å²) in [4.78, 5) is 12.2. The van der Waals surface area contributed by atoms with Crippen molar-refractivity contribution in [3.8, 4) is 11.5 Å². The normalized spacial score (nSPS) is 10.7. The molecule has 0 spiro atoms. The predicted octanol–water partition coefficient (Wildman–Crippen LogP) is 3.37. The molecule has 0 saturated carbocycles. The molecule has 3 rings (SSSR count). The first-order valence-corrected chi connectivity index (χ1v) is 6.98. The van der Waals surface area contributed by atoms with Gasteiger partial charge in [-0.3, -0.25) is 4.79 Å². The topological polar surface area (TPSA) is 47.6 Å².